The van der Waals surface area contributed by atoms with Crippen LogP contribution in [0.3, 0.4) is 0 Å². The SMILES string of the molecule is COc1cc(C2N=C(NC#N)Nc3nc(N)c(C#N)c(N)c32)ccc1OCC(F)F. The molecule has 0 saturated carbocycles. The number of nitrogens with one attached hydrogen (secondary N) is 2. The Kier molecular flexibility index (Phi) is 5.69. The third-order valence-electron chi connectivity index (χ3n) is 4.23. The third-order valence-corrected chi connectivity index (χ3v) is 4.23. The summed E-state index contributed by atoms with van der Waals surface area (Å²) in [6, 6.07) is 5.69. The van der Waals surface area contributed by atoms with Crippen LogP contribution < -0.4 is 31.6 Å². The molecule has 0 fully saturated rings. The van der Waals surface area contributed by atoms with Gasteiger partial charge in [-0.05, 0) is 17.7 Å². The number of pyridine rings is 1. The van der Waals surface area contributed by atoms with Gasteiger partial charge in [0.1, 0.15) is 35.9 Å². The average Bonchev–Trinajstić information content (AvgIpc) is 2.71. The first-order valence-corrected chi connectivity index (χ1v) is 8.47. The molecular formula is C18H16F2N8O2. The zero-order chi connectivity index (χ0) is 21.8. The molecule has 2 aromatic rings. The first-order chi connectivity index (χ1) is 14.4. The molecule has 0 radical (unpaired) electrons. The summed E-state index contributed by atoms with van der Waals surface area (Å²) >= 11 is 0. The van der Waals surface area contributed by atoms with Gasteiger partial charge >= 0.3 is 0 Å². The van der Waals surface area contributed by atoms with Crippen LogP contribution in [0.2, 0.25) is 0 Å². The number of benzene rings is 1. The fraction of sp³-hybridized carbons (Fsp3) is 0.222. The Hall–Kier alpha value is -4.32. The summed E-state index contributed by atoms with van der Waals surface area (Å²) < 4.78 is 35.3. The average molecular weight is 414 g/mol. The highest BCUT2D eigenvalue weighted by Crippen LogP contribution is 2.42. The maximum Gasteiger partial charge on any atom is 0.272 e. The smallest absolute Gasteiger partial charge is 0.272 e. The quantitative estimate of drug-likeness (QED) is 0.420. The third kappa shape index (κ3) is 3.79. The van der Waals surface area contributed by atoms with Gasteiger partial charge in [-0.3, -0.25) is 5.32 Å². The van der Waals surface area contributed by atoms with Crippen molar-refractivity contribution < 1.29 is 18.3 Å². The van der Waals surface area contributed by atoms with Gasteiger partial charge in [0, 0.05) is 5.56 Å². The maximum absolute atomic E-state index is 12.5. The van der Waals surface area contributed by atoms with Crippen LogP contribution in [0.25, 0.3) is 0 Å². The Bertz CT molecular complexity index is 1090. The summed E-state index contributed by atoms with van der Waals surface area (Å²) in [6.07, 6.45) is -0.894. The molecule has 6 N–H and O–H groups in total. The van der Waals surface area contributed by atoms with Crippen molar-refractivity contribution in [3.05, 3.63) is 34.9 Å². The molecule has 154 valence electrons. The highest BCUT2D eigenvalue weighted by Gasteiger charge is 2.30. The molecule has 0 spiro atoms. The van der Waals surface area contributed by atoms with Crippen LogP contribution in [0, 0.1) is 22.8 Å². The maximum atomic E-state index is 12.5. The van der Waals surface area contributed by atoms with E-state index in [1.807, 2.05) is 6.07 Å². The zero-order valence-corrected chi connectivity index (χ0v) is 15.6. The van der Waals surface area contributed by atoms with E-state index in [-0.39, 0.29) is 40.3 Å². The molecule has 1 aromatic carbocycles. The molecule has 0 saturated heterocycles. The molecule has 12 heteroatoms. The monoisotopic (exact) mass is 414 g/mol. The Morgan fingerprint density at radius 1 is 1.30 bits per heavy atom. The molecule has 10 nitrogen and oxygen atoms in total. The number of aromatic nitrogens is 1. The van der Waals surface area contributed by atoms with Crippen LogP contribution in [-0.2, 0) is 0 Å². The second-order valence-corrected chi connectivity index (χ2v) is 6.01. The second-order valence-electron chi connectivity index (χ2n) is 6.01. The summed E-state index contributed by atoms with van der Waals surface area (Å²) in [6.45, 7) is -0.790. The lowest BCUT2D eigenvalue weighted by Gasteiger charge is -2.26. The van der Waals surface area contributed by atoms with E-state index in [0.29, 0.717) is 11.1 Å². The van der Waals surface area contributed by atoms with Crippen molar-refractivity contribution in [2.45, 2.75) is 12.5 Å². The number of alkyl halides is 2. The molecule has 1 aromatic heterocycles. The Labute approximate surface area is 169 Å². The van der Waals surface area contributed by atoms with Crippen LogP contribution in [0.15, 0.2) is 23.2 Å². The van der Waals surface area contributed by atoms with Crippen molar-refractivity contribution in [3.63, 3.8) is 0 Å². The molecule has 1 unspecified atom stereocenters. The van der Waals surface area contributed by atoms with E-state index in [9.17, 15) is 14.0 Å². The van der Waals surface area contributed by atoms with Gasteiger partial charge < -0.3 is 26.3 Å². The van der Waals surface area contributed by atoms with Crippen LogP contribution in [0.4, 0.5) is 26.1 Å². The summed E-state index contributed by atoms with van der Waals surface area (Å²) in [7, 11) is 1.36. The molecule has 2 heterocycles. The minimum Gasteiger partial charge on any atom is -0.493 e. The number of anilines is 3. The van der Waals surface area contributed by atoms with Crippen molar-refractivity contribution in [1.29, 1.82) is 10.5 Å². The number of nitriles is 2. The number of nitrogens with zero attached hydrogens (tertiary/aromatic N) is 4. The van der Waals surface area contributed by atoms with Gasteiger partial charge in [-0.1, -0.05) is 6.07 Å². The predicted octanol–water partition coefficient (Wildman–Crippen LogP) is 1.71. The van der Waals surface area contributed by atoms with Crippen LogP contribution in [-0.4, -0.2) is 31.1 Å². The van der Waals surface area contributed by atoms with Crippen LogP contribution in [0.5, 0.6) is 11.5 Å². The molecule has 30 heavy (non-hydrogen) atoms. The molecule has 1 aliphatic rings. The topological polar surface area (TPSA) is 167 Å². The Morgan fingerprint density at radius 2 is 2.07 bits per heavy atom. The fourth-order valence-corrected chi connectivity index (χ4v) is 2.95. The number of hydrogen-bond donors (Lipinski definition) is 4. The number of hydrogen-bond acceptors (Lipinski definition) is 10. The van der Waals surface area contributed by atoms with Gasteiger partial charge in [-0.2, -0.15) is 10.5 Å². The molecule has 1 aliphatic heterocycles. The second kappa shape index (κ2) is 8.36. The minimum atomic E-state index is -2.64. The highest BCUT2D eigenvalue weighted by atomic mass is 19.3. The van der Waals surface area contributed by atoms with Crippen LogP contribution in [0.1, 0.15) is 22.7 Å². The number of ether oxygens (including phenoxy) is 2. The van der Waals surface area contributed by atoms with Gasteiger partial charge in [0.15, 0.2) is 17.7 Å². The van der Waals surface area contributed by atoms with E-state index in [1.54, 1.807) is 12.3 Å². The van der Waals surface area contributed by atoms with E-state index in [0.717, 1.165) is 0 Å². The molecule has 0 bridgehead atoms. The lowest BCUT2D eigenvalue weighted by Crippen LogP contribution is -2.32. The van der Waals surface area contributed by atoms with Gasteiger partial charge in [0.2, 0.25) is 5.96 Å². The van der Waals surface area contributed by atoms with Gasteiger partial charge in [0.25, 0.3) is 6.43 Å². The van der Waals surface area contributed by atoms with E-state index >= 15 is 0 Å². The molecule has 0 aliphatic carbocycles. The number of halogens is 2. The first-order valence-electron chi connectivity index (χ1n) is 8.47. The number of guanidine groups is 1. The van der Waals surface area contributed by atoms with Crippen molar-refractivity contribution in [2.75, 3.05) is 30.5 Å². The minimum absolute atomic E-state index is 0.00343. The lowest BCUT2D eigenvalue weighted by atomic mass is 9.95. The largest absolute Gasteiger partial charge is 0.493 e. The van der Waals surface area contributed by atoms with Gasteiger partial charge in [-0.15, -0.1) is 0 Å². The highest BCUT2D eigenvalue weighted by molar-refractivity contribution is 5.98. The summed E-state index contributed by atoms with van der Waals surface area (Å²) in [4.78, 5) is 8.57. The standard InChI is InChI=1S/C18H16F2N8O2/c1-29-11-4-8(2-3-10(11)30-6-12(19)20)15-13-14(23)9(5-21)16(24)27-17(13)28-18(26-15)25-7-22/h2-4,12,15H,6H2,1H3,(H6,23,24,25,26,27,28). The number of nitrogen functional groups attached to an aromatic ring is 2. The summed E-state index contributed by atoms with van der Waals surface area (Å²) in [5.74, 6) is 0.546. The summed E-state index contributed by atoms with van der Waals surface area (Å²) in [5.41, 5.74) is 12.9. The van der Waals surface area contributed by atoms with E-state index < -0.39 is 19.1 Å². The number of methoxy groups -OCH3 is 1. The van der Waals surface area contributed by atoms with Gasteiger partial charge in [0.05, 0.1) is 12.8 Å². The normalized spacial score (nSPS) is 14.6. The van der Waals surface area contributed by atoms with E-state index in [4.69, 9.17) is 26.2 Å². The first kappa shape index (κ1) is 20.4. The Morgan fingerprint density at radius 3 is 2.70 bits per heavy atom. The van der Waals surface area contributed by atoms with E-state index in [1.165, 1.54) is 19.2 Å². The van der Waals surface area contributed by atoms with Crippen molar-refractivity contribution >= 4 is 23.3 Å². The number of aliphatic imine (C=N–C) groups is 1. The molecule has 1 atom stereocenters. The lowest BCUT2D eigenvalue weighted by molar-refractivity contribution is 0.0804. The summed E-state index contributed by atoms with van der Waals surface area (Å²) in [5, 5.41) is 23.5. The van der Waals surface area contributed by atoms with Gasteiger partial charge in [-0.25, -0.2) is 18.8 Å². The van der Waals surface area contributed by atoms with Crippen molar-refractivity contribution in [3.8, 4) is 23.8 Å². The molecule has 3 rings (SSSR count). The van der Waals surface area contributed by atoms with Crippen LogP contribution >= 0.6 is 0 Å². The van der Waals surface area contributed by atoms with Crippen molar-refractivity contribution in [2.24, 2.45) is 4.99 Å². The number of nitrogens with two attached hydrogens (primary N) is 2. The predicted molar refractivity (Wildman–Crippen MR) is 104 cm³/mol. The molecular weight excluding hydrogens is 398 g/mol. The van der Waals surface area contributed by atoms with E-state index in [2.05, 4.69) is 20.6 Å². The Balaban J connectivity index is 2.13. The fourth-order valence-electron chi connectivity index (χ4n) is 2.95. The number of rotatable bonds is 5. The van der Waals surface area contributed by atoms with Crippen molar-refractivity contribution in [1.82, 2.24) is 10.3 Å². The number of fused-ring (bicyclic) bond motifs is 1. The zero-order valence-electron chi connectivity index (χ0n) is 15.6. The molecule has 0 amide bonds.